The second kappa shape index (κ2) is 7.97. The number of carbonyl (C=O) groups is 1. The Bertz CT molecular complexity index is 684. The van der Waals surface area contributed by atoms with E-state index in [9.17, 15) is 4.79 Å². The van der Waals surface area contributed by atoms with Crippen LogP contribution in [0, 0.1) is 0 Å². The van der Waals surface area contributed by atoms with Gasteiger partial charge in [0, 0.05) is 25.2 Å². The summed E-state index contributed by atoms with van der Waals surface area (Å²) in [6.45, 7) is 4.13. The molecule has 1 aliphatic heterocycles. The maximum atomic E-state index is 12.3. The lowest BCUT2D eigenvalue weighted by Gasteiger charge is -2.19. The minimum absolute atomic E-state index is 0.0676. The van der Waals surface area contributed by atoms with E-state index in [1.54, 1.807) is 11.3 Å². The third-order valence-corrected chi connectivity index (χ3v) is 4.61. The van der Waals surface area contributed by atoms with Crippen molar-refractivity contribution in [1.29, 1.82) is 0 Å². The van der Waals surface area contributed by atoms with Gasteiger partial charge in [-0.2, -0.15) is 11.3 Å². The number of carbonyl (C=O) groups excluding carboxylic acids is 1. The van der Waals surface area contributed by atoms with Gasteiger partial charge in [-0.05, 0) is 41.4 Å². The first-order chi connectivity index (χ1) is 11.8. The number of benzene rings is 1. The first-order valence-electron chi connectivity index (χ1n) is 8.17. The molecule has 2 aromatic rings. The largest absolute Gasteiger partial charge is 0.357 e. The van der Waals surface area contributed by atoms with Gasteiger partial charge in [-0.15, -0.1) is 0 Å². The molecule has 6 heteroatoms. The first kappa shape index (κ1) is 16.5. The minimum Gasteiger partial charge on any atom is -0.357 e. The molecule has 1 amide bonds. The molecular weight excluding hydrogens is 320 g/mol. The van der Waals surface area contributed by atoms with Gasteiger partial charge in [0.05, 0.1) is 12.6 Å². The number of anilines is 1. The second-order valence-electron chi connectivity index (χ2n) is 5.71. The molecule has 1 aliphatic rings. The molecule has 126 valence electrons. The van der Waals surface area contributed by atoms with Crippen LogP contribution in [0.3, 0.4) is 0 Å². The third kappa shape index (κ3) is 4.14. The average molecular weight is 342 g/mol. The zero-order valence-corrected chi connectivity index (χ0v) is 14.6. The Labute approximate surface area is 146 Å². The van der Waals surface area contributed by atoms with Gasteiger partial charge < -0.3 is 15.5 Å². The standard InChI is InChI=1S/C18H22N4OS/c1-2-19-18(20-11-14-8-9-24-13-14)21-15-10-17(23)22(12-15)16-6-4-3-5-7-16/h3-9,13,15H,2,10-12H2,1H3,(H2,19,20,21). The highest BCUT2D eigenvalue weighted by atomic mass is 32.1. The smallest absolute Gasteiger partial charge is 0.229 e. The molecule has 0 radical (unpaired) electrons. The Morgan fingerprint density at radius 2 is 2.17 bits per heavy atom. The molecule has 1 aromatic heterocycles. The van der Waals surface area contributed by atoms with Crippen molar-refractivity contribution >= 4 is 28.9 Å². The maximum Gasteiger partial charge on any atom is 0.229 e. The van der Waals surface area contributed by atoms with Crippen LogP contribution in [0.1, 0.15) is 18.9 Å². The Morgan fingerprint density at radius 1 is 1.33 bits per heavy atom. The van der Waals surface area contributed by atoms with E-state index in [0.29, 0.717) is 19.5 Å². The van der Waals surface area contributed by atoms with Crippen molar-refractivity contribution in [2.24, 2.45) is 4.99 Å². The van der Waals surface area contributed by atoms with Crippen molar-refractivity contribution in [2.45, 2.75) is 25.9 Å². The summed E-state index contributed by atoms with van der Waals surface area (Å²) in [5.41, 5.74) is 2.15. The van der Waals surface area contributed by atoms with Crippen LogP contribution < -0.4 is 15.5 Å². The number of nitrogens with zero attached hydrogens (tertiary/aromatic N) is 2. The number of amides is 1. The molecule has 2 N–H and O–H groups in total. The summed E-state index contributed by atoms with van der Waals surface area (Å²) < 4.78 is 0. The number of nitrogens with one attached hydrogen (secondary N) is 2. The average Bonchev–Trinajstić information content (AvgIpc) is 3.23. The first-order valence-corrected chi connectivity index (χ1v) is 9.12. The van der Waals surface area contributed by atoms with Gasteiger partial charge >= 0.3 is 0 Å². The summed E-state index contributed by atoms with van der Waals surface area (Å²) in [6.07, 6.45) is 0.484. The van der Waals surface area contributed by atoms with Gasteiger partial charge in [0.1, 0.15) is 0 Å². The lowest BCUT2D eigenvalue weighted by Crippen LogP contribution is -2.44. The van der Waals surface area contributed by atoms with Crippen LogP contribution in [0.15, 0.2) is 52.2 Å². The van der Waals surface area contributed by atoms with E-state index in [1.807, 2.05) is 42.2 Å². The molecule has 1 unspecified atom stereocenters. The predicted molar refractivity (Wildman–Crippen MR) is 99.5 cm³/mol. The van der Waals surface area contributed by atoms with Crippen molar-refractivity contribution in [3.63, 3.8) is 0 Å². The van der Waals surface area contributed by atoms with Crippen LogP contribution in [0.25, 0.3) is 0 Å². The topological polar surface area (TPSA) is 56.7 Å². The van der Waals surface area contributed by atoms with Crippen molar-refractivity contribution in [2.75, 3.05) is 18.0 Å². The van der Waals surface area contributed by atoms with Crippen molar-refractivity contribution < 1.29 is 4.79 Å². The zero-order valence-electron chi connectivity index (χ0n) is 13.7. The maximum absolute atomic E-state index is 12.3. The molecule has 24 heavy (non-hydrogen) atoms. The highest BCUT2D eigenvalue weighted by Gasteiger charge is 2.30. The van der Waals surface area contributed by atoms with E-state index in [4.69, 9.17) is 0 Å². The number of para-hydroxylation sites is 1. The van der Waals surface area contributed by atoms with Gasteiger partial charge in [0.2, 0.25) is 5.91 Å². The molecule has 2 heterocycles. The van der Waals surface area contributed by atoms with Crippen LogP contribution >= 0.6 is 11.3 Å². The molecule has 0 bridgehead atoms. The Balaban J connectivity index is 1.63. The molecule has 5 nitrogen and oxygen atoms in total. The minimum atomic E-state index is 0.0676. The summed E-state index contributed by atoms with van der Waals surface area (Å²) in [4.78, 5) is 18.7. The van der Waals surface area contributed by atoms with E-state index in [-0.39, 0.29) is 11.9 Å². The van der Waals surface area contributed by atoms with Crippen LogP contribution in [-0.2, 0) is 11.3 Å². The highest BCUT2D eigenvalue weighted by molar-refractivity contribution is 7.07. The molecule has 3 rings (SSSR count). The van der Waals surface area contributed by atoms with E-state index in [2.05, 4.69) is 32.5 Å². The van der Waals surface area contributed by atoms with Crippen LogP contribution in [0.2, 0.25) is 0 Å². The SMILES string of the molecule is CCNC(=NCc1ccsc1)NC1CC(=O)N(c2ccccc2)C1. The fourth-order valence-corrected chi connectivity index (χ4v) is 3.39. The van der Waals surface area contributed by atoms with Crippen LogP contribution in [0.4, 0.5) is 5.69 Å². The third-order valence-electron chi connectivity index (χ3n) is 3.88. The summed E-state index contributed by atoms with van der Waals surface area (Å²) in [5.74, 6) is 0.906. The monoisotopic (exact) mass is 342 g/mol. The van der Waals surface area contributed by atoms with Gasteiger partial charge in [0.15, 0.2) is 5.96 Å². The second-order valence-corrected chi connectivity index (χ2v) is 6.49. The van der Waals surface area contributed by atoms with E-state index in [1.165, 1.54) is 5.56 Å². The normalized spacial score (nSPS) is 18.0. The molecule has 0 aliphatic carbocycles. The Hall–Kier alpha value is -2.34. The van der Waals surface area contributed by atoms with Crippen molar-refractivity contribution in [3.05, 3.63) is 52.7 Å². The fraction of sp³-hybridized carbons (Fsp3) is 0.333. The molecule has 1 aromatic carbocycles. The van der Waals surface area contributed by atoms with Gasteiger partial charge in [-0.1, -0.05) is 18.2 Å². The summed E-state index contributed by atoms with van der Waals surface area (Å²) in [7, 11) is 0. The Morgan fingerprint density at radius 3 is 2.88 bits per heavy atom. The number of thiophene rings is 1. The van der Waals surface area contributed by atoms with Crippen LogP contribution in [0.5, 0.6) is 0 Å². The number of aliphatic imine (C=N–C) groups is 1. The quantitative estimate of drug-likeness (QED) is 0.649. The van der Waals surface area contributed by atoms with Crippen LogP contribution in [-0.4, -0.2) is 31.0 Å². The molecule has 1 fully saturated rings. The molecule has 0 spiro atoms. The van der Waals surface area contributed by atoms with Crippen molar-refractivity contribution in [1.82, 2.24) is 10.6 Å². The molecule has 0 saturated carbocycles. The van der Waals surface area contributed by atoms with Gasteiger partial charge in [0.25, 0.3) is 0 Å². The predicted octanol–water partition coefficient (Wildman–Crippen LogP) is 2.61. The number of rotatable bonds is 5. The lowest BCUT2D eigenvalue weighted by molar-refractivity contribution is -0.117. The van der Waals surface area contributed by atoms with Gasteiger partial charge in [-0.25, -0.2) is 4.99 Å². The van der Waals surface area contributed by atoms with E-state index in [0.717, 1.165) is 18.2 Å². The number of guanidine groups is 1. The van der Waals surface area contributed by atoms with Gasteiger partial charge in [-0.3, -0.25) is 4.79 Å². The zero-order chi connectivity index (χ0) is 16.8. The Kier molecular flexibility index (Phi) is 5.48. The summed E-state index contributed by atoms with van der Waals surface area (Å²) >= 11 is 1.67. The highest BCUT2D eigenvalue weighted by Crippen LogP contribution is 2.21. The molecule has 1 atom stereocenters. The number of hydrogen-bond acceptors (Lipinski definition) is 3. The van der Waals surface area contributed by atoms with E-state index >= 15 is 0 Å². The molecule has 1 saturated heterocycles. The van der Waals surface area contributed by atoms with E-state index < -0.39 is 0 Å². The summed E-state index contributed by atoms with van der Waals surface area (Å²) in [5, 5.41) is 10.8. The number of hydrogen-bond donors (Lipinski definition) is 2. The molecular formula is C18H22N4OS. The van der Waals surface area contributed by atoms with Crippen molar-refractivity contribution in [3.8, 4) is 0 Å². The lowest BCUT2D eigenvalue weighted by atomic mass is 10.2. The summed E-state index contributed by atoms with van der Waals surface area (Å²) in [6, 6.07) is 11.9. The fourth-order valence-electron chi connectivity index (χ4n) is 2.73.